The highest BCUT2D eigenvalue weighted by atomic mass is 32.2. The highest BCUT2D eigenvalue weighted by Crippen LogP contribution is 2.35. The largest absolute Gasteiger partial charge is 0.480 e. The highest BCUT2D eigenvalue weighted by Gasteiger charge is 2.22. The maximum atomic E-state index is 11.5. The van der Waals surface area contributed by atoms with Gasteiger partial charge in [0, 0.05) is 11.4 Å². The third-order valence-corrected chi connectivity index (χ3v) is 3.76. The number of carbonyl (C=O) groups excluding carboxylic acids is 1. The summed E-state index contributed by atoms with van der Waals surface area (Å²) in [6.45, 7) is 2.26. The number of amides is 1. The summed E-state index contributed by atoms with van der Waals surface area (Å²) in [4.78, 5) is 23.0. The number of anilines is 1. The van der Waals surface area contributed by atoms with Crippen LogP contribution < -0.4 is 10.6 Å². The Bertz CT molecular complexity index is 490. The molecule has 1 heterocycles. The van der Waals surface area contributed by atoms with Gasteiger partial charge in [-0.1, -0.05) is 6.07 Å². The van der Waals surface area contributed by atoms with Gasteiger partial charge < -0.3 is 15.7 Å². The molecule has 1 aromatic rings. The lowest BCUT2D eigenvalue weighted by Crippen LogP contribution is -2.26. The van der Waals surface area contributed by atoms with E-state index < -0.39 is 5.97 Å². The van der Waals surface area contributed by atoms with Gasteiger partial charge in [-0.05, 0) is 24.6 Å². The first-order valence-electron chi connectivity index (χ1n) is 5.59. The summed E-state index contributed by atoms with van der Waals surface area (Å²) in [5.41, 5.74) is 1.75. The van der Waals surface area contributed by atoms with Gasteiger partial charge in [-0.3, -0.25) is 9.59 Å². The maximum Gasteiger partial charge on any atom is 0.317 e. The van der Waals surface area contributed by atoms with Gasteiger partial charge in [0.2, 0.25) is 5.91 Å². The van der Waals surface area contributed by atoms with Crippen molar-refractivity contribution in [2.45, 2.75) is 23.6 Å². The molecule has 0 aliphatic carbocycles. The molecule has 1 amide bonds. The zero-order valence-corrected chi connectivity index (χ0v) is 10.7. The van der Waals surface area contributed by atoms with Crippen molar-refractivity contribution in [3.8, 4) is 0 Å². The number of benzene rings is 1. The van der Waals surface area contributed by atoms with Crippen LogP contribution in [-0.2, 0) is 16.1 Å². The van der Waals surface area contributed by atoms with Gasteiger partial charge in [-0.25, -0.2) is 0 Å². The molecule has 1 aliphatic rings. The van der Waals surface area contributed by atoms with Crippen molar-refractivity contribution >= 4 is 29.3 Å². The second-order valence-corrected chi connectivity index (χ2v) is 5.46. The number of carbonyl (C=O) groups is 2. The molecule has 18 heavy (non-hydrogen) atoms. The molecule has 0 fully saturated rings. The molecule has 1 unspecified atom stereocenters. The van der Waals surface area contributed by atoms with Crippen molar-refractivity contribution in [2.75, 3.05) is 11.9 Å². The first-order valence-corrected chi connectivity index (χ1v) is 6.47. The van der Waals surface area contributed by atoms with Crippen LogP contribution in [0.5, 0.6) is 0 Å². The molecular formula is C12H14N2O3S. The monoisotopic (exact) mass is 266 g/mol. The van der Waals surface area contributed by atoms with E-state index in [9.17, 15) is 9.59 Å². The van der Waals surface area contributed by atoms with Gasteiger partial charge in [0.15, 0.2) is 0 Å². The topological polar surface area (TPSA) is 78.4 Å². The second kappa shape index (κ2) is 5.41. The Morgan fingerprint density at radius 2 is 2.33 bits per heavy atom. The van der Waals surface area contributed by atoms with E-state index in [4.69, 9.17) is 5.11 Å². The fraction of sp³-hybridized carbons (Fsp3) is 0.333. The third-order valence-electron chi connectivity index (χ3n) is 2.58. The maximum absolute atomic E-state index is 11.5. The molecule has 0 bridgehead atoms. The lowest BCUT2D eigenvalue weighted by atomic mass is 10.2. The van der Waals surface area contributed by atoms with Crippen LogP contribution in [0.1, 0.15) is 12.5 Å². The van der Waals surface area contributed by atoms with E-state index in [0.29, 0.717) is 6.54 Å². The van der Waals surface area contributed by atoms with E-state index in [1.165, 1.54) is 11.8 Å². The molecule has 3 N–H and O–H groups in total. The molecule has 6 heteroatoms. The summed E-state index contributed by atoms with van der Waals surface area (Å²) in [5.74, 6) is -0.881. The van der Waals surface area contributed by atoms with E-state index in [2.05, 4.69) is 10.6 Å². The van der Waals surface area contributed by atoms with Crippen LogP contribution in [0.15, 0.2) is 23.1 Å². The van der Waals surface area contributed by atoms with E-state index in [1.807, 2.05) is 25.1 Å². The van der Waals surface area contributed by atoms with Crippen molar-refractivity contribution in [1.82, 2.24) is 5.32 Å². The summed E-state index contributed by atoms with van der Waals surface area (Å²) in [7, 11) is 0. The zero-order chi connectivity index (χ0) is 13.1. The number of fused-ring (bicyclic) bond motifs is 1. The van der Waals surface area contributed by atoms with E-state index in [1.54, 1.807) is 0 Å². The average molecular weight is 266 g/mol. The number of thioether (sulfide) groups is 1. The molecule has 0 radical (unpaired) electrons. The predicted molar refractivity (Wildman–Crippen MR) is 69.7 cm³/mol. The number of carboxylic acid groups (broad SMARTS) is 1. The summed E-state index contributed by atoms with van der Waals surface area (Å²) < 4.78 is 0. The van der Waals surface area contributed by atoms with Gasteiger partial charge in [0.1, 0.15) is 0 Å². The molecule has 1 aromatic carbocycles. The second-order valence-electron chi connectivity index (χ2n) is 4.08. The molecule has 96 valence electrons. The van der Waals surface area contributed by atoms with Crippen LogP contribution >= 0.6 is 11.8 Å². The summed E-state index contributed by atoms with van der Waals surface area (Å²) in [6.07, 6.45) is 0. The van der Waals surface area contributed by atoms with Crippen LogP contribution in [0.3, 0.4) is 0 Å². The van der Waals surface area contributed by atoms with E-state index >= 15 is 0 Å². The zero-order valence-electron chi connectivity index (χ0n) is 9.90. The van der Waals surface area contributed by atoms with Crippen LogP contribution in [0, 0.1) is 0 Å². The molecule has 1 aliphatic heterocycles. The molecule has 1 atom stereocenters. The quantitative estimate of drug-likeness (QED) is 0.765. The minimum absolute atomic E-state index is 0.00291. The minimum Gasteiger partial charge on any atom is -0.480 e. The summed E-state index contributed by atoms with van der Waals surface area (Å²) in [5, 5.41) is 14.1. The third kappa shape index (κ3) is 3.02. The van der Waals surface area contributed by atoms with E-state index in [0.717, 1.165) is 16.1 Å². The number of carboxylic acids is 1. The van der Waals surface area contributed by atoms with E-state index in [-0.39, 0.29) is 17.7 Å². The van der Waals surface area contributed by atoms with Gasteiger partial charge in [-0.15, -0.1) is 11.8 Å². The lowest BCUT2D eigenvalue weighted by molar-refractivity contribution is -0.136. The Balaban J connectivity index is 2.05. The standard InChI is InChI=1S/C12H14N2O3S/c1-7-12(17)14-9-4-8(2-3-10(9)18-7)5-13-6-11(15)16/h2-4,7,13H,5-6H2,1H3,(H,14,17)(H,15,16). The molecule has 0 aromatic heterocycles. The first-order chi connectivity index (χ1) is 8.56. The number of hydrogen-bond acceptors (Lipinski definition) is 4. The molecule has 0 spiro atoms. The fourth-order valence-electron chi connectivity index (χ4n) is 1.68. The Labute approximate surface area is 109 Å². The van der Waals surface area contributed by atoms with Gasteiger partial charge in [0.25, 0.3) is 0 Å². The SMILES string of the molecule is CC1Sc2ccc(CNCC(=O)O)cc2NC1=O. The van der Waals surface area contributed by atoms with Crippen molar-refractivity contribution in [1.29, 1.82) is 0 Å². The normalized spacial score (nSPS) is 18.1. The van der Waals surface area contributed by atoms with Crippen LogP contribution in [0.4, 0.5) is 5.69 Å². The Hall–Kier alpha value is -1.53. The Morgan fingerprint density at radius 1 is 1.56 bits per heavy atom. The summed E-state index contributed by atoms with van der Waals surface area (Å²) >= 11 is 1.53. The molecule has 0 saturated heterocycles. The predicted octanol–water partition coefficient (Wildman–Crippen LogP) is 1.29. The van der Waals surface area contributed by atoms with Gasteiger partial charge in [0.05, 0.1) is 17.5 Å². The van der Waals surface area contributed by atoms with Crippen molar-refractivity contribution in [2.24, 2.45) is 0 Å². The molecule has 2 rings (SSSR count). The van der Waals surface area contributed by atoms with Crippen molar-refractivity contribution < 1.29 is 14.7 Å². The number of aliphatic carboxylic acids is 1. The van der Waals surface area contributed by atoms with Crippen molar-refractivity contribution in [3.63, 3.8) is 0 Å². The minimum atomic E-state index is -0.884. The van der Waals surface area contributed by atoms with Crippen LogP contribution in [0.25, 0.3) is 0 Å². The number of hydrogen-bond donors (Lipinski definition) is 3. The fourth-order valence-corrected chi connectivity index (χ4v) is 2.61. The van der Waals surface area contributed by atoms with Crippen LogP contribution in [0.2, 0.25) is 0 Å². The van der Waals surface area contributed by atoms with Gasteiger partial charge in [-0.2, -0.15) is 0 Å². The van der Waals surface area contributed by atoms with Gasteiger partial charge >= 0.3 is 5.97 Å². The van der Waals surface area contributed by atoms with Crippen LogP contribution in [-0.4, -0.2) is 28.8 Å². The smallest absolute Gasteiger partial charge is 0.317 e. The Morgan fingerprint density at radius 3 is 3.06 bits per heavy atom. The Kier molecular flexibility index (Phi) is 3.88. The number of nitrogens with one attached hydrogen (secondary N) is 2. The average Bonchev–Trinajstić information content (AvgIpc) is 2.30. The molecule has 5 nitrogen and oxygen atoms in total. The highest BCUT2D eigenvalue weighted by molar-refractivity contribution is 8.00. The lowest BCUT2D eigenvalue weighted by Gasteiger charge is -2.21. The first kappa shape index (κ1) is 12.9. The number of rotatable bonds is 4. The summed E-state index contributed by atoms with van der Waals surface area (Å²) in [6, 6.07) is 5.76. The molecular weight excluding hydrogens is 252 g/mol. The van der Waals surface area contributed by atoms with Crippen molar-refractivity contribution in [3.05, 3.63) is 23.8 Å². The molecule has 0 saturated carbocycles.